The molecule has 0 radical (unpaired) electrons. The highest BCUT2D eigenvalue weighted by Gasteiger charge is 2.22. The predicted octanol–water partition coefficient (Wildman–Crippen LogP) is 6.12. The number of nitrogens with zero attached hydrogens (tertiary/aromatic N) is 1. The van der Waals surface area contributed by atoms with E-state index in [9.17, 15) is 4.79 Å². The van der Waals surface area contributed by atoms with Gasteiger partial charge in [0.05, 0.1) is 0 Å². The number of likely N-dealkylation sites (tertiary alicyclic amines) is 1. The molecule has 0 saturated carbocycles. The second kappa shape index (κ2) is 10.7. The van der Waals surface area contributed by atoms with Crippen molar-refractivity contribution >= 4 is 6.09 Å². The molecule has 1 heterocycles. The van der Waals surface area contributed by atoms with Crippen LogP contribution in [0.15, 0.2) is 54.6 Å². The molecule has 1 aliphatic heterocycles. The second-order valence-corrected chi connectivity index (χ2v) is 7.41. The molecule has 0 aromatic heterocycles. The Balaban J connectivity index is 1.58. The maximum Gasteiger partial charge on any atom is 0.410 e. The lowest BCUT2D eigenvalue weighted by Crippen LogP contribution is -2.33. The summed E-state index contributed by atoms with van der Waals surface area (Å²) in [5, 5.41) is 0. The highest BCUT2D eigenvalue weighted by molar-refractivity contribution is 5.68. The van der Waals surface area contributed by atoms with Crippen molar-refractivity contribution in [1.29, 1.82) is 0 Å². The van der Waals surface area contributed by atoms with Gasteiger partial charge < -0.3 is 14.4 Å². The highest BCUT2D eigenvalue weighted by Crippen LogP contribution is 2.26. The van der Waals surface area contributed by atoms with Crippen molar-refractivity contribution in [2.75, 3.05) is 13.1 Å². The van der Waals surface area contributed by atoms with Gasteiger partial charge in [0.25, 0.3) is 0 Å². The Bertz CT molecular complexity index is 706. The van der Waals surface area contributed by atoms with Crippen molar-refractivity contribution in [1.82, 2.24) is 4.90 Å². The minimum atomic E-state index is -0.205. The Morgan fingerprint density at radius 3 is 2.29 bits per heavy atom. The summed E-state index contributed by atoms with van der Waals surface area (Å²) in [6.45, 7) is 4.28. The van der Waals surface area contributed by atoms with E-state index in [2.05, 4.69) is 6.92 Å². The van der Waals surface area contributed by atoms with Gasteiger partial charge in [0.15, 0.2) is 0 Å². The lowest BCUT2D eigenvalue weighted by molar-refractivity contribution is 0.0588. The fraction of sp³-hybridized carbons (Fsp3) is 0.458. The van der Waals surface area contributed by atoms with Crippen LogP contribution in [0, 0.1) is 0 Å². The predicted molar refractivity (Wildman–Crippen MR) is 111 cm³/mol. The second-order valence-electron chi connectivity index (χ2n) is 7.41. The molecule has 3 rings (SSSR count). The Kier molecular flexibility index (Phi) is 7.77. The quantitative estimate of drug-likeness (QED) is 0.580. The molecule has 0 aliphatic carbocycles. The number of ether oxygens (including phenoxy) is 2. The number of hydrogen-bond acceptors (Lipinski definition) is 3. The first-order valence-electron chi connectivity index (χ1n) is 10.5. The van der Waals surface area contributed by atoms with Crippen LogP contribution in [-0.2, 0) is 11.3 Å². The first-order chi connectivity index (χ1) is 13.8. The minimum absolute atomic E-state index is 0.176. The lowest BCUT2D eigenvalue weighted by Gasteiger charge is -2.24. The maximum absolute atomic E-state index is 12.6. The number of carbonyl (C=O) groups excluding carboxylic acids is 1. The lowest BCUT2D eigenvalue weighted by atomic mass is 10.1. The van der Waals surface area contributed by atoms with Gasteiger partial charge in [-0.1, -0.05) is 68.7 Å². The zero-order chi connectivity index (χ0) is 19.6. The average Bonchev–Trinajstić information content (AvgIpc) is 3.03. The maximum atomic E-state index is 12.6. The number of amides is 1. The summed E-state index contributed by atoms with van der Waals surface area (Å²) >= 11 is 0. The van der Waals surface area contributed by atoms with E-state index in [1.54, 1.807) is 0 Å². The van der Waals surface area contributed by atoms with Crippen molar-refractivity contribution in [3.05, 3.63) is 65.7 Å². The Hall–Kier alpha value is -2.49. The van der Waals surface area contributed by atoms with Crippen molar-refractivity contribution in [2.45, 2.75) is 58.2 Å². The molecule has 150 valence electrons. The fourth-order valence-corrected chi connectivity index (χ4v) is 3.52. The third kappa shape index (κ3) is 6.01. The number of carbonyl (C=O) groups is 1. The van der Waals surface area contributed by atoms with Crippen molar-refractivity contribution in [3.63, 3.8) is 0 Å². The van der Waals surface area contributed by atoms with E-state index in [1.165, 1.54) is 12.8 Å². The molecule has 0 spiro atoms. The molecule has 1 saturated heterocycles. The van der Waals surface area contributed by atoms with E-state index < -0.39 is 0 Å². The fourth-order valence-electron chi connectivity index (χ4n) is 3.52. The summed E-state index contributed by atoms with van der Waals surface area (Å²) in [5.74, 6) is 0.821. The summed E-state index contributed by atoms with van der Waals surface area (Å²) in [7, 11) is 0. The Morgan fingerprint density at radius 2 is 1.64 bits per heavy atom. The number of hydrogen-bond donors (Lipinski definition) is 0. The van der Waals surface area contributed by atoms with Gasteiger partial charge in [0.1, 0.15) is 18.5 Å². The average molecular weight is 382 g/mol. The third-order valence-corrected chi connectivity index (χ3v) is 5.16. The van der Waals surface area contributed by atoms with E-state index in [0.29, 0.717) is 6.61 Å². The van der Waals surface area contributed by atoms with E-state index in [-0.39, 0.29) is 12.2 Å². The van der Waals surface area contributed by atoms with Crippen LogP contribution in [0.25, 0.3) is 0 Å². The number of rotatable bonds is 7. The van der Waals surface area contributed by atoms with Crippen molar-refractivity contribution < 1.29 is 14.3 Å². The van der Waals surface area contributed by atoms with Gasteiger partial charge in [-0.3, -0.25) is 0 Å². The van der Waals surface area contributed by atoms with Crippen LogP contribution in [-0.4, -0.2) is 24.1 Å². The summed E-state index contributed by atoms with van der Waals surface area (Å²) < 4.78 is 11.7. The van der Waals surface area contributed by atoms with Crippen LogP contribution in [0.2, 0.25) is 0 Å². The topological polar surface area (TPSA) is 38.8 Å². The smallest absolute Gasteiger partial charge is 0.410 e. The molecule has 2 aromatic carbocycles. The summed E-state index contributed by atoms with van der Waals surface area (Å²) in [4.78, 5) is 14.5. The molecule has 0 N–H and O–H groups in total. The molecule has 0 bridgehead atoms. The van der Waals surface area contributed by atoms with Crippen LogP contribution < -0.4 is 4.74 Å². The molecule has 1 amide bonds. The van der Waals surface area contributed by atoms with E-state index >= 15 is 0 Å². The summed E-state index contributed by atoms with van der Waals surface area (Å²) in [6.07, 6.45) is 5.95. The normalized spacial score (nSPS) is 15.5. The third-order valence-electron chi connectivity index (χ3n) is 5.16. The van der Waals surface area contributed by atoms with E-state index in [0.717, 1.165) is 55.6 Å². The summed E-state index contributed by atoms with van der Waals surface area (Å²) in [6, 6.07) is 18.1. The molecule has 4 nitrogen and oxygen atoms in total. The zero-order valence-corrected chi connectivity index (χ0v) is 16.8. The molecule has 1 atom stereocenters. The van der Waals surface area contributed by atoms with Crippen LogP contribution in [0.3, 0.4) is 0 Å². The van der Waals surface area contributed by atoms with Gasteiger partial charge in [-0.25, -0.2) is 4.79 Å². The molecule has 1 fully saturated rings. The molecule has 28 heavy (non-hydrogen) atoms. The SMILES string of the molecule is CCCC(OC(=O)N1CCCCCC1)c1ccc(OCc2ccccc2)cc1. The van der Waals surface area contributed by atoms with Crippen LogP contribution >= 0.6 is 0 Å². The van der Waals surface area contributed by atoms with Gasteiger partial charge >= 0.3 is 6.09 Å². The zero-order valence-electron chi connectivity index (χ0n) is 16.8. The Morgan fingerprint density at radius 1 is 0.964 bits per heavy atom. The monoisotopic (exact) mass is 381 g/mol. The van der Waals surface area contributed by atoms with Gasteiger partial charge in [-0.2, -0.15) is 0 Å². The van der Waals surface area contributed by atoms with Crippen LogP contribution in [0.4, 0.5) is 4.79 Å². The molecule has 4 heteroatoms. The highest BCUT2D eigenvalue weighted by atomic mass is 16.6. The van der Waals surface area contributed by atoms with Gasteiger partial charge in [0, 0.05) is 13.1 Å². The van der Waals surface area contributed by atoms with Crippen molar-refractivity contribution in [3.8, 4) is 5.75 Å². The minimum Gasteiger partial charge on any atom is -0.489 e. The molecule has 1 aliphatic rings. The molecule has 2 aromatic rings. The Labute approximate surface area is 168 Å². The molecular weight excluding hydrogens is 350 g/mol. The summed E-state index contributed by atoms with van der Waals surface area (Å²) in [5.41, 5.74) is 2.17. The largest absolute Gasteiger partial charge is 0.489 e. The van der Waals surface area contributed by atoms with Crippen LogP contribution in [0.1, 0.15) is 62.7 Å². The first kappa shape index (κ1) is 20.2. The van der Waals surface area contributed by atoms with Gasteiger partial charge in [-0.15, -0.1) is 0 Å². The van der Waals surface area contributed by atoms with E-state index in [1.807, 2.05) is 59.5 Å². The van der Waals surface area contributed by atoms with Crippen molar-refractivity contribution in [2.24, 2.45) is 0 Å². The standard InChI is InChI=1S/C24H31NO3/c1-2-10-23(28-24(26)25-17-8-3-4-9-18-25)21-13-15-22(16-14-21)27-19-20-11-6-5-7-12-20/h5-7,11-16,23H,2-4,8-10,17-19H2,1H3. The first-order valence-corrected chi connectivity index (χ1v) is 10.5. The van der Waals surface area contributed by atoms with Gasteiger partial charge in [0.2, 0.25) is 0 Å². The van der Waals surface area contributed by atoms with Crippen LogP contribution in [0.5, 0.6) is 5.75 Å². The van der Waals surface area contributed by atoms with Gasteiger partial charge in [-0.05, 0) is 42.5 Å². The molecule has 1 unspecified atom stereocenters. The van der Waals surface area contributed by atoms with E-state index in [4.69, 9.17) is 9.47 Å². The molecular formula is C24H31NO3. The number of benzene rings is 2.